The van der Waals surface area contributed by atoms with Crippen molar-refractivity contribution >= 4 is 17.2 Å². The Labute approximate surface area is 140 Å². The van der Waals surface area contributed by atoms with Crippen LogP contribution in [0.15, 0.2) is 30.3 Å². The molecule has 1 N–H and O–H groups in total. The summed E-state index contributed by atoms with van der Waals surface area (Å²) in [4.78, 5) is 17.6. The number of nitrogens with zero attached hydrogens (tertiary/aromatic N) is 1. The van der Waals surface area contributed by atoms with Crippen molar-refractivity contribution in [1.82, 2.24) is 10.3 Å². The van der Waals surface area contributed by atoms with Gasteiger partial charge in [0.1, 0.15) is 22.2 Å². The molecule has 5 heteroatoms. The molecule has 0 bridgehead atoms. The Morgan fingerprint density at radius 1 is 1.26 bits per heavy atom. The summed E-state index contributed by atoms with van der Waals surface area (Å²) in [5.74, 6) is 0.825. The molecule has 1 aromatic carbocycles. The van der Waals surface area contributed by atoms with E-state index in [1.54, 1.807) is 0 Å². The van der Waals surface area contributed by atoms with Crippen molar-refractivity contribution in [1.29, 1.82) is 0 Å². The fourth-order valence-corrected chi connectivity index (χ4v) is 3.77. The van der Waals surface area contributed by atoms with Crippen LogP contribution >= 0.6 is 11.3 Å². The number of carbonyl (C=O) groups is 1. The molecule has 2 aromatic rings. The second-order valence-corrected chi connectivity index (χ2v) is 7.02. The molecule has 1 amide bonds. The molecule has 1 heterocycles. The summed E-state index contributed by atoms with van der Waals surface area (Å²) in [6.45, 7) is 2.28. The molecule has 4 nitrogen and oxygen atoms in total. The third kappa shape index (κ3) is 4.32. The number of aromatic nitrogens is 1. The monoisotopic (exact) mass is 330 g/mol. The maximum atomic E-state index is 12.4. The third-order valence-corrected chi connectivity index (χ3v) is 5.22. The summed E-state index contributed by atoms with van der Waals surface area (Å²) < 4.78 is 5.71. The SMILES string of the molecule is Cc1nc(COc2ccccc2)sc1C(=O)NC1CCCCC1. The summed E-state index contributed by atoms with van der Waals surface area (Å²) in [5, 5.41) is 3.99. The van der Waals surface area contributed by atoms with Gasteiger partial charge in [-0.25, -0.2) is 4.98 Å². The van der Waals surface area contributed by atoms with Crippen LogP contribution in [0.4, 0.5) is 0 Å². The summed E-state index contributed by atoms with van der Waals surface area (Å²) >= 11 is 1.43. The molecule has 0 saturated heterocycles. The number of para-hydroxylation sites is 1. The van der Waals surface area contributed by atoms with Crippen molar-refractivity contribution in [3.63, 3.8) is 0 Å². The average molecular weight is 330 g/mol. The molecule has 0 radical (unpaired) electrons. The zero-order valence-corrected chi connectivity index (χ0v) is 14.2. The largest absolute Gasteiger partial charge is 0.486 e. The number of ether oxygens (including phenoxy) is 1. The maximum Gasteiger partial charge on any atom is 0.263 e. The number of rotatable bonds is 5. The van der Waals surface area contributed by atoms with Crippen LogP contribution in [0.25, 0.3) is 0 Å². The molecule has 0 aliphatic heterocycles. The highest BCUT2D eigenvalue weighted by Crippen LogP contribution is 2.22. The molecule has 23 heavy (non-hydrogen) atoms. The molecule has 1 fully saturated rings. The zero-order valence-electron chi connectivity index (χ0n) is 13.4. The van der Waals surface area contributed by atoms with Gasteiger partial charge in [-0.2, -0.15) is 0 Å². The molecule has 1 aliphatic carbocycles. The van der Waals surface area contributed by atoms with Crippen LogP contribution in [-0.4, -0.2) is 16.9 Å². The summed E-state index contributed by atoms with van der Waals surface area (Å²) in [6.07, 6.45) is 5.89. The van der Waals surface area contributed by atoms with Crippen LogP contribution in [0.5, 0.6) is 5.75 Å². The smallest absolute Gasteiger partial charge is 0.263 e. The first kappa shape index (κ1) is 16.0. The Kier molecular flexibility index (Phi) is 5.28. The Hall–Kier alpha value is -1.88. The second-order valence-electron chi connectivity index (χ2n) is 5.93. The maximum absolute atomic E-state index is 12.4. The van der Waals surface area contributed by atoms with E-state index in [-0.39, 0.29) is 5.91 Å². The van der Waals surface area contributed by atoms with Crippen molar-refractivity contribution in [2.24, 2.45) is 0 Å². The standard InChI is InChI=1S/C18H22N2O2S/c1-13-17(18(21)20-14-8-4-2-5-9-14)23-16(19-13)12-22-15-10-6-3-7-11-15/h3,6-7,10-11,14H,2,4-5,8-9,12H2,1H3,(H,20,21). The third-order valence-electron chi connectivity index (χ3n) is 4.09. The van der Waals surface area contributed by atoms with Gasteiger partial charge in [-0.15, -0.1) is 11.3 Å². The fourth-order valence-electron chi connectivity index (χ4n) is 2.88. The van der Waals surface area contributed by atoms with Gasteiger partial charge in [-0.05, 0) is 31.9 Å². The van der Waals surface area contributed by atoms with Crippen molar-refractivity contribution in [2.45, 2.75) is 51.7 Å². The van der Waals surface area contributed by atoms with E-state index in [0.29, 0.717) is 17.5 Å². The number of hydrogen-bond donors (Lipinski definition) is 1. The van der Waals surface area contributed by atoms with Gasteiger partial charge >= 0.3 is 0 Å². The van der Waals surface area contributed by atoms with Crippen molar-refractivity contribution in [3.05, 3.63) is 45.9 Å². The molecular formula is C18H22N2O2S. The lowest BCUT2D eigenvalue weighted by molar-refractivity contribution is 0.0931. The van der Waals surface area contributed by atoms with E-state index in [4.69, 9.17) is 4.74 Å². The van der Waals surface area contributed by atoms with E-state index in [2.05, 4.69) is 10.3 Å². The number of carbonyl (C=O) groups excluding carboxylic acids is 1. The highest BCUT2D eigenvalue weighted by Gasteiger charge is 2.20. The summed E-state index contributed by atoms with van der Waals surface area (Å²) in [7, 11) is 0. The summed E-state index contributed by atoms with van der Waals surface area (Å²) in [5.41, 5.74) is 0.787. The van der Waals surface area contributed by atoms with Gasteiger partial charge in [0.15, 0.2) is 0 Å². The average Bonchev–Trinajstić information content (AvgIpc) is 2.96. The van der Waals surface area contributed by atoms with Crippen LogP contribution in [0.3, 0.4) is 0 Å². The molecule has 1 aliphatic rings. The lowest BCUT2D eigenvalue weighted by atomic mass is 9.95. The van der Waals surface area contributed by atoms with Gasteiger partial charge in [0.25, 0.3) is 5.91 Å². The van der Waals surface area contributed by atoms with Crippen molar-refractivity contribution in [2.75, 3.05) is 0 Å². The molecule has 1 saturated carbocycles. The lowest BCUT2D eigenvalue weighted by Crippen LogP contribution is -2.36. The van der Waals surface area contributed by atoms with Gasteiger partial charge in [0, 0.05) is 6.04 Å². The van der Waals surface area contributed by atoms with Crippen LogP contribution in [0, 0.1) is 6.92 Å². The van der Waals surface area contributed by atoms with E-state index in [0.717, 1.165) is 29.3 Å². The minimum absolute atomic E-state index is 0.0119. The first-order valence-corrected chi connectivity index (χ1v) is 8.99. The number of aryl methyl sites for hydroxylation is 1. The van der Waals surface area contributed by atoms with E-state index in [9.17, 15) is 4.79 Å². The molecular weight excluding hydrogens is 308 g/mol. The minimum Gasteiger partial charge on any atom is -0.486 e. The number of hydrogen-bond acceptors (Lipinski definition) is 4. The van der Waals surface area contributed by atoms with Gasteiger partial charge in [-0.1, -0.05) is 37.5 Å². The Morgan fingerprint density at radius 2 is 2.00 bits per heavy atom. The Balaban J connectivity index is 1.59. The van der Waals surface area contributed by atoms with Gasteiger partial charge in [0.05, 0.1) is 5.69 Å². The van der Waals surface area contributed by atoms with Crippen molar-refractivity contribution in [3.8, 4) is 5.75 Å². The molecule has 1 aromatic heterocycles. The fraction of sp³-hybridized carbons (Fsp3) is 0.444. The van der Waals surface area contributed by atoms with Crippen molar-refractivity contribution < 1.29 is 9.53 Å². The molecule has 0 atom stereocenters. The highest BCUT2D eigenvalue weighted by molar-refractivity contribution is 7.13. The Bertz CT molecular complexity index is 648. The van der Waals surface area contributed by atoms with Crippen LogP contribution < -0.4 is 10.1 Å². The zero-order chi connectivity index (χ0) is 16.1. The molecule has 0 spiro atoms. The predicted molar refractivity (Wildman–Crippen MR) is 92.0 cm³/mol. The van der Waals surface area contributed by atoms with Gasteiger partial charge in [0.2, 0.25) is 0 Å². The number of benzene rings is 1. The van der Waals surface area contributed by atoms with Gasteiger partial charge < -0.3 is 10.1 Å². The molecule has 0 unspecified atom stereocenters. The van der Waals surface area contributed by atoms with Crippen LogP contribution in [0.2, 0.25) is 0 Å². The number of nitrogens with one attached hydrogen (secondary N) is 1. The lowest BCUT2D eigenvalue weighted by Gasteiger charge is -2.22. The highest BCUT2D eigenvalue weighted by atomic mass is 32.1. The number of amides is 1. The summed E-state index contributed by atoms with van der Waals surface area (Å²) in [6, 6.07) is 9.97. The topological polar surface area (TPSA) is 51.2 Å². The second kappa shape index (κ2) is 7.59. The first-order valence-electron chi connectivity index (χ1n) is 8.17. The quantitative estimate of drug-likeness (QED) is 0.898. The molecule has 3 rings (SSSR count). The van der Waals surface area contributed by atoms with E-state index < -0.39 is 0 Å². The normalized spacial score (nSPS) is 15.3. The minimum atomic E-state index is 0.0119. The Morgan fingerprint density at radius 3 is 2.74 bits per heavy atom. The first-order chi connectivity index (χ1) is 11.2. The molecule has 122 valence electrons. The van der Waals surface area contributed by atoms with Crippen LogP contribution in [-0.2, 0) is 6.61 Å². The predicted octanol–water partition coefficient (Wildman–Crippen LogP) is 4.09. The van der Waals surface area contributed by atoms with Crippen LogP contribution in [0.1, 0.15) is 52.5 Å². The van der Waals surface area contributed by atoms with Gasteiger partial charge in [-0.3, -0.25) is 4.79 Å². The number of thiazole rings is 1. The van der Waals surface area contributed by atoms with E-state index in [1.165, 1.54) is 30.6 Å². The van der Waals surface area contributed by atoms with E-state index in [1.807, 2.05) is 37.3 Å². The van der Waals surface area contributed by atoms with E-state index >= 15 is 0 Å².